The van der Waals surface area contributed by atoms with Crippen LogP contribution in [0.4, 0.5) is 0 Å². The summed E-state index contributed by atoms with van der Waals surface area (Å²) in [5, 5.41) is 10.0. The van der Waals surface area contributed by atoms with Crippen LogP contribution < -0.4 is 5.32 Å². The number of benzene rings is 6. The molecule has 0 radical (unpaired) electrons. The summed E-state index contributed by atoms with van der Waals surface area (Å²) in [6.07, 6.45) is 3.34. The summed E-state index contributed by atoms with van der Waals surface area (Å²) in [5.74, 6) is 1.43. The van der Waals surface area contributed by atoms with E-state index in [0.717, 1.165) is 88.3 Å². The van der Waals surface area contributed by atoms with Gasteiger partial charge in [-0.3, -0.25) is 4.98 Å². The molecule has 1 unspecified atom stereocenters. The van der Waals surface area contributed by atoms with Crippen LogP contribution in [0.15, 0.2) is 165 Å². The Kier molecular flexibility index (Phi) is 5.84. The van der Waals surface area contributed by atoms with Crippen LogP contribution in [0.25, 0.3) is 65.8 Å². The maximum absolute atomic E-state index is 6.22. The molecule has 6 heteroatoms. The Bertz CT molecular complexity index is 2770. The van der Waals surface area contributed by atoms with Gasteiger partial charge in [0.1, 0.15) is 34.3 Å². The van der Waals surface area contributed by atoms with Crippen molar-refractivity contribution >= 4 is 66.3 Å². The monoisotopic (exact) mass is 618 g/mol. The molecule has 4 heterocycles. The van der Waals surface area contributed by atoms with Gasteiger partial charge in [-0.05, 0) is 57.8 Å². The molecule has 6 nitrogen and oxygen atoms in total. The van der Waals surface area contributed by atoms with Crippen LogP contribution in [-0.2, 0) is 0 Å². The van der Waals surface area contributed by atoms with Crippen molar-refractivity contribution in [2.45, 2.75) is 6.17 Å². The Morgan fingerprint density at radius 3 is 2.12 bits per heavy atom. The molecule has 1 aliphatic rings. The highest BCUT2D eigenvalue weighted by Crippen LogP contribution is 2.39. The normalized spacial score (nSPS) is 14.9. The Labute approximate surface area is 274 Å². The van der Waals surface area contributed by atoms with Crippen LogP contribution in [0, 0.1) is 0 Å². The van der Waals surface area contributed by atoms with Crippen LogP contribution in [-0.4, -0.2) is 16.7 Å². The van der Waals surface area contributed by atoms with Gasteiger partial charge in [-0.2, -0.15) is 0 Å². The number of amidine groups is 2. The second-order valence-electron chi connectivity index (χ2n) is 12.0. The van der Waals surface area contributed by atoms with Gasteiger partial charge < -0.3 is 14.2 Å². The summed E-state index contributed by atoms with van der Waals surface area (Å²) < 4.78 is 12.4. The number of hydrogen-bond donors (Lipinski definition) is 1. The molecule has 0 bridgehead atoms. The first-order valence-electron chi connectivity index (χ1n) is 16.0. The van der Waals surface area contributed by atoms with Crippen LogP contribution in [0.1, 0.15) is 22.9 Å². The highest BCUT2D eigenvalue weighted by atomic mass is 16.3. The van der Waals surface area contributed by atoms with E-state index in [1.54, 1.807) is 6.20 Å². The van der Waals surface area contributed by atoms with Gasteiger partial charge in [-0.25, -0.2) is 9.98 Å². The molecule has 0 fully saturated rings. The number of nitrogens with one attached hydrogen (secondary N) is 1. The standard InChI is InChI=1S/C42H26N4O2/c1-2-9-25(10-3-1)40-44-41(46-42(45-40)32-15-8-18-37-39(32)31-12-4-5-16-34(31)47-37)27-19-20-28-26(23-27)11-6-13-29(28)30-14-7-17-36-38(30)33-24-43-22-21-35(33)48-36/h1-24,40H,(H,44,45,46). The van der Waals surface area contributed by atoms with Crippen molar-refractivity contribution in [3.05, 3.63) is 163 Å². The van der Waals surface area contributed by atoms with E-state index in [4.69, 9.17) is 18.8 Å². The van der Waals surface area contributed by atoms with Crippen LogP contribution in [0.3, 0.4) is 0 Å². The molecule has 6 aromatic carbocycles. The second kappa shape index (κ2) is 10.5. The highest BCUT2D eigenvalue weighted by molar-refractivity contribution is 6.22. The second-order valence-corrected chi connectivity index (χ2v) is 12.0. The number of nitrogens with zero attached hydrogens (tertiary/aromatic N) is 3. The van der Waals surface area contributed by atoms with E-state index in [9.17, 15) is 0 Å². The Morgan fingerprint density at radius 1 is 0.542 bits per heavy atom. The summed E-state index contributed by atoms with van der Waals surface area (Å²) in [6, 6.07) is 45.6. The Hall–Kier alpha value is -6.53. The number of para-hydroxylation sites is 1. The molecule has 0 aliphatic carbocycles. The third-order valence-electron chi connectivity index (χ3n) is 9.24. The average Bonchev–Trinajstić information content (AvgIpc) is 3.73. The molecule has 1 aliphatic heterocycles. The number of furan rings is 2. The van der Waals surface area contributed by atoms with Gasteiger partial charge in [0.25, 0.3) is 0 Å². The van der Waals surface area contributed by atoms with Crippen molar-refractivity contribution in [2.24, 2.45) is 9.98 Å². The number of aliphatic imine (C=N–C) groups is 2. The van der Waals surface area contributed by atoms with E-state index in [-0.39, 0.29) is 6.17 Å². The first-order valence-corrected chi connectivity index (χ1v) is 16.0. The van der Waals surface area contributed by atoms with Gasteiger partial charge in [-0.15, -0.1) is 0 Å². The summed E-state index contributed by atoms with van der Waals surface area (Å²) in [5.41, 5.74) is 8.58. The van der Waals surface area contributed by atoms with Crippen molar-refractivity contribution in [1.82, 2.24) is 10.3 Å². The molecule has 0 saturated heterocycles. The zero-order chi connectivity index (χ0) is 31.6. The zero-order valence-corrected chi connectivity index (χ0v) is 25.6. The topological polar surface area (TPSA) is 75.9 Å². The Morgan fingerprint density at radius 2 is 1.25 bits per heavy atom. The fraction of sp³-hybridized carbons (Fsp3) is 0.0238. The minimum Gasteiger partial charge on any atom is -0.456 e. The lowest BCUT2D eigenvalue weighted by Gasteiger charge is -2.24. The zero-order valence-electron chi connectivity index (χ0n) is 25.6. The van der Waals surface area contributed by atoms with Gasteiger partial charge >= 0.3 is 0 Å². The molecule has 9 aromatic rings. The van der Waals surface area contributed by atoms with Gasteiger partial charge in [0.15, 0.2) is 5.84 Å². The predicted molar refractivity (Wildman–Crippen MR) is 194 cm³/mol. The number of fused-ring (bicyclic) bond motifs is 7. The largest absolute Gasteiger partial charge is 0.456 e. The van der Waals surface area contributed by atoms with Crippen molar-refractivity contribution in [3.63, 3.8) is 0 Å². The van der Waals surface area contributed by atoms with Gasteiger partial charge in [0.05, 0.1) is 0 Å². The quantitative estimate of drug-likeness (QED) is 0.213. The SMILES string of the molecule is c1ccc(C2N=C(c3cccc4oc5ccccc5c34)N=C(c3ccc4c(-c5cccc6oc7ccncc7c56)cccc4c3)N2)cc1. The van der Waals surface area contributed by atoms with Gasteiger partial charge in [-0.1, -0.05) is 103 Å². The molecule has 0 spiro atoms. The molecule has 0 amide bonds. The summed E-state index contributed by atoms with van der Waals surface area (Å²) in [4.78, 5) is 14.7. The lowest BCUT2D eigenvalue weighted by molar-refractivity contribution is 0.668. The third-order valence-corrected chi connectivity index (χ3v) is 9.24. The minimum atomic E-state index is -0.315. The lowest BCUT2D eigenvalue weighted by atomic mass is 9.94. The van der Waals surface area contributed by atoms with E-state index in [1.165, 1.54) is 0 Å². The lowest BCUT2D eigenvalue weighted by Crippen LogP contribution is -2.33. The highest BCUT2D eigenvalue weighted by Gasteiger charge is 2.24. The van der Waals surface area contributed by atoms with Gasteiger partial charge in [0.2, 0.25) is 0 Å². The molecule has 48 heavy (non-hydrogen) atoms. The number of pyridine rings is 1. The van der Waals surface area contributed by atoms with Crippen LogP contribution in [0.2, 0.25) is 0 Å². The molecule has 3 aromatic heterocycles. The van der Waals surface area contributed by atoms with Crippen molar-refractivity contribution in [3.8, 4) is 11.1 Å². The molecule has 10 rings (SSSR count). The number of hydrogen-bond acceptors (Lipinski definition) is 6. The maximum atomic E-state index is 6.22. The van der Waals surface area contributed by atoms with E-state index < -0.39 is 0 Å². The molecule has 1 N–H and O–H groups in total. The van der Waals surface area contributed by atoms with Crippen molar-refractivity contribution in [2.75, 3.05) is 0 Å². The Balaban J connectivity index is 1.13. The minimum absolute atomic E-state index is 0.315. The summed E-state index contributed by atoms with van der Waals surface area (Å²) in [7, 11) is 0. The van der Waals surface area contributed by atoms with E-state index in [1.807, 2.05) is 66.9 Å². The fourth-order valence-electron chi connectivity index (χ4n) is 7.04. The number of aromatic nitrogens is 1. The van der Waals surface area contributed by atoms with Crippen molar-refractivity contribution < 1.29 is 8.83 Å². The van der Waals surface area contributed by atoms with Crippen LogP contribution in [0.5, 0.6) is 0 Å². The maximum Gasteiger partial charge on any atom is 0.160 e. The smallest absolute Gasteiger partial charge is 0.160 e. The molecular formula is C42H26N4O2. The molecule has 0 saturated carbocycles. The summed E-state index contributed by atoms with van der Waals surface area (Å²) >= 11 is 0. The van der Waals surface area contributed by atoms with E-state index in [2.05, 4.69) is 83.1 Å². The van der Waals surface area contributed by atoms with E-state index in [0.29, 0.717) is 5.84 Å². The fourth-order valence-corrected chi connectivity index (χ4v) is 7.04. The van der Waals surface area contributed by atoms with E-state index >= 15 is 0 Å². The third kappa shape index (κ3) is 4.16. The van der Waals surface area contributed by atoms with Gasteiger partial charge in [0, 0.05) is 45.1 Å². The number of rotatable bonds is 4. The summed E-state index contributed by atoms with van der Waals surface area (Å²) in [6.45, 7) is 0. The molecule has 226 valence electrons. The van der Waals surface area contributed by atoms with Crippen LogP contribution >= 0.6 is 0 Å². The average molecular weight is 619 g/mol. The predicted octanol–water partition coefficient (Wildman–Crippen LogP) is 10.2. The molecular weight excluding hydrogens is 592 g/mol. The van der Waals surface area contributed by atoms with Crippen molar-refractivity contribution in [1.29, 1.82) is 0 Å². The first kappa shape index (κ1) is 26.7. The first-order chi connectivity index (χ1) is 23.8. The molecule has 1 atom stereocenters.